The van der Waals surface area contributed by atoms with Crippen molar-refractivity contribution in [2.24, 2.45) is 0 Å². The van der Waals surface area contributed by atoms with Crippen LogP contribution < -0.4 is 5.32 Å². The van der Waals surface area contributed by atoms with Crippen molar-refractivity contribution in [1.82, 2.24) is 0 Å². The number of nitrogens with zero attached hydrogens (tertiary/aromatic N) is 1. The molecule has 0 spiro atoms. The van der Waals surface area contributed by atoms with Crippen LogP contribution in [0.4, 0.5) is 20.2 Å². The molecule has 0 bridgehead atoms. The average Bonchev–Trinajstić information content (AvgIpc) is 2.42. The molecule has 2 aromatic rings. The molecule has 0 heterocycles. The number of benzene rings is 2. The minimum absolute atomic E-state index is 0.137. The molecule has 0 saturated carbocycles. The molecular formula is C13H8F2N2O4. The van der Waals surface area contributed by atoms with Gasteiger partial charge in [0.15, 0.2) is 5.75 Å². The summed E-state index contributed by atoms with van der Waals surface area (Å²) in [4.78, 5) is 21.5. The molecule has 0 aliphatic carbocycles. The van der Waals surface area contributed by atoms with Crippen LogP contribution in [0.25, 0.3) is 0 Å². The van der Waals surface area contributed by atoms with E-state index in [0.29, 0.717) is 0 Å². The van der Waals surface area contributed by atoms with Crippen LogP contribution in [0.3, 0.4) is 0 Å². The second-order valence-electron chi connectivity index (χ2n) is 4.04. The fourth-order valence-electron chi connectivity index (χ4n) is 1.61. The molecular weight excluding hydrogens is 286 g/mol. The van der Waals surface area contributed by atoms with E-state index in [4.69, 9.17) is 0 Å². The number of anilines is 1. The van der Waals surface area contributed by atoms with Crippen molar-refractivity contribution in [2.45, 2.75) is 0 Å². The number of phenolic OH excluding ortho intramolecular Hbond substituents is 1. The monoisotopic (exact) mass is 294 g/mol. The second kappa shape index (κ2) is 5.53. The molecule has 0 radical (unpaired) electrons. The maximum Gasteiger partial charge on any atom is 0.310 e. The summed E-state index contributed by atoms with van der Waals surface area (Å²) in [6, 6.07) is 5.42. The van der Waals surface area contributed by atoms with E-state index in [1.165, 1.54) is 0 Å². The molecule has 6 nitrogen and oxygen atoms in total. The molecule has 0 aliphatic heterocycles. The van der Waals surface area contributed by atoms with E-state index in [1.54, 1.807) is 0 Å². The Morgan fingerprint density at radius 3 is 2.52 bits per heavy atom. The molecule has 2 rings (SSSR count). The summed E-state index contributed by atoms with van der Waals surface area (Å²) >= 11 is 0. The third-order valence-corrected chi connectivity index (χ3v) is 2.61. The first kappa shape index (κ1) is 14.4. The molecule has 0 unspecified atom stereocenters. The molecule has 0 fully saturated rings. The van der Waals surface area contributed by atoms with E-state index < -0.39 is 33.9 Å². The summed E-state index contributed by atoms with van der Waals surface area (Å²) < 4.78 is 26.3. The Balaban J connectivity index is 2.26. The predicted molar refractivity (Wildman–Crippen MR) is 69.1 cm³/mol. The largest absolute Gasteiger partial charge is 0.502 e. The highest BCUT2D eigenvalue weighted by Crippen LogP contribution is 2.26. The number of nitro benzene ring substituents is 1. The van der Waals surface area contributed by atoms with E-state index >= 15 is 0 Å². The number of nitrogens with one attached hydrogen (secondary N) is 1. The Kier molecular flexibility index (Phi) is 3.79. The maximum absolute atomic E-state index is 13.4. The van der Waals surface area contributed by atoms with Crippen molar-refractivity contribution >= 4 is 17.3 Å². The highest BCUT2D eigenvalue weighted by atomic mass is 19.1. The molecule has 1 amide bonds. The van der Waals surface area contributed by atoms with Crippen LogP contribution in [-0.2, 0) is 0 Å². The first-order valence-corrected chi connectivity index (χ1v) is 5.62. The number of nitro groups is 1. The van der Waals surface area contributed by atoms with E-state index in [2.05, 4.69) is 5.32 Å². The van der Waals surface area contributed by atoms with Crippen LogP contribution in [-0.4, -0.2) is 15.9 Å². The van der Waals surface area contributed by atoms with Gasteiger partial charge in [-0.05, 0) is 24.3 Å². The van der Waals surface area contributed by atoms with Gasteiger partial charge in [-0.25, -0.2) is 8.78 Å². The number of carbonyl (C=O) groups is 1. The van der Waals surface area contributed by atoms with E-state index in [1.807, 2.05) is 0 Å². The summed E-state index contributed by atoms with van der Waals surface area (Å²) in [6.45, 7) is 0. The number of carbonyl (C=O) groups excluding carboxylic acids is 1. The van der Waals surface area contributed by atoms with Crippen LogP contribution in [0.5, 0.6) is 5.75 Å². The van der Waals surface area contributed by atoms with Crippen molar-refractivity contribution in [3.05, 3.63) is 63.7 Å². The van der Waals surface area contributed by atoms with Gasteiger partial charge in [0, 0.05) is 17.7 Å². The normalized spacial score (nSPS) is 10.2. The number of amides is 1. The summed E-state index contributed by atoms with van der Waals surface area (Å²) in [5, 5.41) is 22.1. The lowest BCUT2D eigenvalue weighted by atomic mass is 10.1. The number of rotatable bonds is 3. The summed E-state index contributed by atoms with van der Waals surface area (Å²) in [5.41, 5.74) is -1.08. The average molecular weight is 294 g/mol. The van der Waals surface area contributed by atoms with Gasteiger partial charge in [-0.1, -0.05) is 0 Å². The van der Waals surface area contributed by atoms with E-state index in [-0.39, 0.29) is 11.3 Å². The zero-order valence-electron chi connectivity index (χ0n) is 10.3. The molecule has 8 heteroatoms. The molecule has 2 aromatic carbocycles. The van der Waals surface area contributed by atoms with Gasteiger partial charge in [0.1, 0.15) is 11.6 Å². The van der Waals surface area contributed by atoms with Crippen molar-refractivity contribution in [1.29, 1.82) is 0 Å². The fraction of sp³-hybridized carbons (Fsp3) is 0. The third-order valence-electron chi connectivity index (χ3n) is 2.61. The molecule has 108 valence electrons. The number of hydrogen-bond acceptors (Lipinski definition) is 4. The lowest BCUT2D eigenvalue weighted by Crippen LogP contribution is -2.13. The van der Waals surface area contributed by atoms with E-state index in [0.717, 1.165) is 36.4 Å². The van der Waals surface area contributed by atoms with Gasteiger partial charge < -0.3 is 10.4 Å². The molecule has 0 atom stereocenters. The highest BCUT2D eigenvalue weighted by molar-refractivity contribution is 6.04. The minimum Gasteiger partial charge on any atom is -0.502 e. The van der Waals surface area contributed by atoms with E-state index in [9.17, 15) is 28.8 Å². The number of aromatic hydroxyl groups is 1. The van der Waals surface area contributed by atoms with Gasteiger partial charge >= 0.3 is 5.69 Å². The first-order valence-electron chi connectivity index (χ1n) is 5.62. The molecule has 0 aromatic heterocycles. The smallest absolute Gasteiger partial charge is 0.310 e. The van der Waals surface area contributed by atoms with Gasteiger partial charge in [-0.3, -0.25) is 14.9 Å². The Morgan fingerprint density at radius 1 is 1.19 bits per heavy atom. The lowest BCUT2D eigenvalue weighted by Gasteiger charge is -2.07. The van der Waals surface area contributed by atoms with Crippen LogP contribution in [0.15, 0.2) is 36.4 Å². The number of phenols is 1. The third kappa shape index (κ3) is 3.11. The Bertz CT molecular complexity index is 734. The topological polar surface area (TPSA) is 92.5 Å². The molecule has 0 aliphatic rings. The van der Waals surface area contributed by atoms with Crippen molar-refractivity contribution in [3.8, 4) is 5.75 Å². The fourth-order valence-corrected chi connectivity index (χ4v) is 1.61. The predicted octanol–water partition coefficient (Wildman–Crippen LogP) is 2.83. The van der Waals surface area contributed by atoms with Crippen LogP contribution in [0.2, 0.25) is 0 Å². The first-order chi connectivity index (χ1) is 9.88. The highest BCUT2D eigenvalue weighted by Gasteiger charge is 2.17. The van der Waals surface area contributed by atoms with Gasteiger partial charge in [0.05, 0.1) is 10.6 Å². The second-order valence-corrected chi connectivity index (χ2v) is 4.04. The van der Waals surface area contributed by atoms with Crippen LogP contribution in [0.1, 0.15) is 10.4 Å². The summed E-state index contributed by atoms with van der Waals surface area (Å²) in [7, 11) is 0. The molecule has 2 N–H and O–H groups in total. The van der Waals surface area contributed by atoms with Crippen molar-refractivity contribution in [3.63, 3.8) is 0 Å². The zero-order valence-corrected chi connectivity index (χ0v) is 10.3. The van der Waals surface area contributed by atoms with Crippen molar-refractivity contribution in [2.75, 3.05) is 5.32 Å². The van der Waals surface area contributed by atoms with Gasteiger partial charge in [-0.15, -0.1) is 0 Å². The number of hydrogen-bond donors (Lipinski definition) is 2. The number of halogens is 2. The Morgan fingerprint density at radius 2 is 1.90 bits per heavy atom. The Hall–Kier alpha value is -3.03. The zero-order chi connectivity index (χ0) is 15.6. The summed E-state index contributed by atoms with van der Waals surface area (Å²) in [5.74, 6) is -3.12. The van der Waals surface area contributed by atoms with Crippen molar-refractivity contribution < 1.29 is 23.6 Å². The molecule has 21 heavy (non-hydrogen) atoms. The lowest BCUT2D eigenvalue weighted by molar-refractivity contribution is -0.385. The maximum atomic E-state index is 13.4. The van der Waals surface area contributed by atoms with Gasteiger partial charge in [0.25, 0.3) is 5.91 Å². The van der Waals surface area contributed by atoms with Gasteiger partial charge in [0.2, 0.25) is 0 Å². The van der Waals surface area contributed by atoms with Crippen LogP contribution >= 0.6 is 0 Å². The van der Waals surface area contributed by atoms with Crippen LogP contribution in [0, 0.1) is 21.7 Å². The quantitative estimate of drug-likeness (QED) is 0.672. The summed E-state index contributed by atoms with van der Waals surface area (Å²) in [6.07, 6.45) is 0. The minimum atomic E-state index is -0.843. The van der Waals surface area contributed by atoms with Gasteiger partial charge in [-0.2, -0.15) is 0 Å². The Labute approximate surface area is 116 Å². The standard InChI is InChI=1S/C13H8F2N2O4/c14-8-2-3-9(15)10(6-8)16-13(19)7-1-4-11(17(20)21)12(18)5-7/h1-6,18H,(H,16,19). The molecule has 0 saturated heterocycles. The SMILES string of the molecule is O=C(Nc1cc(F)ccc1F)c1ccc([N+](=O)[O-])c(O)c1.